The first-order valence-corrected chi connectivity index (χ1v) is 12.8. The number of fused-ring (bicyclic) bond motifs is 8. The van der Waals surface area contributed by atoms with Gasteiger partial charge in [0.05, 0.1) is 12.2 Å². The van der Waals surface area contributed by atoms with Crippen LogP contribution in [0.25, 0.3) is 0 Å². The Morgan fingerprint density at radius 1 is 1.03 bits per heavy atom. The summed E-state index contributed by atoms with van der Waals surface area (Å²) < 4.78 is 6.39. The van der Waals surface area contributed by atoms with Gasteiger partial charge in [0, 0.05) is 0 Å². The minimum absolute atomic E-state index is 0.240. The summed E-state index contributed by atoms with van der Waals surface area (Å²) in [6.07, 6.45) is 14.7. The van der Waals surface area contributed by atoms with Crippen molar-refractivity contribution in [2.45, 2.75) is 111 Å². The van der Waals surface area contributed by atoms with Crippen LogP contribution in [0.3, 0.4) is 0 Å². The Hall–Kier alpha value is -0.340. The van der Waals surface area contributed by atoms with Crippen molar-refractivity contribution in [2.75, 3.05) is 0 Å². The molecule has 5 rings (SSSR count). The van der Waals surface area contributed by atoms with Gasteiger partial charge in [0.25, 0.3) is 0 Å². The van der Waals surface area contributed by atoms with Crippen LogP contribution in [0.2, 0.25) is 0 Å². The predicted octanol–water partition coefficient (Wildman–Crippen LogP) is 6.38. The topological polar surface area (TPSA) is 32.8 Å². The molecule has 0 spiro atoms. The molecule has 10 atom stereocenters. The number of hydrogen-bond donors (Lipinski definition) is 1. The van der Waals surface area contributed by atoms with Crippen molar-refractivity contribution < 1.29 is 9.84 Å². The molecular formula is C27H44O2. The van der Waals surface area contributed by atoms with Gasteiger partial charge in [0.1, 0.15) is 6.10 Å². The molecule has 0 amide bonds. The number of hydrogen-bond acceptors (Lipinski definition) is 2. The van der Waals surface area contributed by atoms with E-state index in [4.69, 9.17) is 4.74 Å². The molecule has 2 heteroatoms. The predicted molar refractivity (Wildman–Crippen MR) is 118 cm³/mol. The molecular weight excluding hydrogens is 356 g/mol. The van der Waals surface area contributed by atoms with Crippen molar-refractivity contribution >= 4 is 0 Å². The molecule has 4 fully saturated rings. The number of aliphatic hydroxyl groups is 1. The largest absolute Gasteiger partial charge is 0.389 e. The molecule has 0 aromatic heterocycles. The third-order valence-corrected chi connectivity index (χ3v) is 10.6. The van der Waals surface area contributed by atoms with Crippen LogP contribution in [-0.4, -0.2) is 23.4 Å². The van der Waals surface area contributed by atoms with Crippen LogP contribution in [0, 0.1) is 46.3 Å². The van der Waals surface area contributed by atoms with Crippen molar-refractivity contribution in [1.29, 1.82) is 0 Å². The first kappa shape index (κ1) is 20.6. The fraction of sp³-hybridized carbons (Fsp3) is 0.926. The highest BCUT2D eigenvalue weighted by Gasteiger charge is 2.68. The normalized spacial score (nSPS) is 51.6. The van der Waals surface area contributed by atoms with Crippen LogP contribution < -0.4 is 0 Å². The molecule has 3 saturated carbocycles. The lowest BCUT2D eigenvalue weighted by atomic mass is 9.46. The molecule has 0 aromatic carbocycles. The van der Waals surface area contributed by atoms with Gasteiger partial charge in [-0.3, -0.25) is 0 Å². The molecule has 2 nitrogen and oxygen atoms in total. The average molecular weight is 401 g/mol. The van der Waals surface area contributed by atoms with Gasteiger partial charge in [-0.2, -0.15) is 0 Å². The number of epoxide rings is 1. The van der Waals surface area contributed by atoms with Gasteiger partial charge in [-0.1, -0.05) is 60.0 Å². The van der Waals surface area contributed by atoms with Crippen molar-refractivity contribution in [3.63, 3.8) is 0 Å². The summed E-state index contributed by atoms with van der Waals surface area (Å²) in [4.78, 5) is 0. The minimum Gasteiger partial charge on any atom is -0.389 e. The van der Waals surface area contributed by atoms with Crippen LogP contribution in [0.4, 0.5) is 0 Å². The van der Waals surface area contributed by atoms with Crippen LogP contribution in [0.1, 0.15) is 92.4 Å². The first-order valence-electron chi connectivity index (χ1n) is 12.8. The minimum atomic E-state index is -0.240. The molecule has 0 aromatic rings. The van der Waals surface area contributed by atoms with Gasteiger partial charge in [-0.05, 0) is 90.4 Å². The lowest BCUT2D eigenvalue weighted by molar-refractivity contribution is -0.0592. The first-order chi connectivity index (χ1) is 13.8. The van der Waals surface area contributed by atoms with Gasteiger partial charge < -0.3 is 9.84 Å². The Labute approximate surface area is 178 Å². The smallest absolute Gasteiger partial charge is 0.106 e. The van der Waals surface area contributed by atoms with Gasteiger partial charge in [-0.15, -0.1) is 0 Å². The van der Waals surface area contributed by atoms with E-state index < -0.39 is 0 Å². The molecule has 164 valence electrons. The lowest BCUT2D eigenvalue weighted by Crippen LogP contribution is -2.54. The molecule has 4 unspecified atom stereocenters. The van der Waals surface area contributed by atoms with E-state index in [1.165, 1.54) is 50.5 Å². The van der Waals surface area contributed by atoms with E-state index >= 15 is 0 Å². The van der Waals surface area contributed by atoms with Crippen LogP contribution in [-0.2, 0) is 4.74 Å². The third-order valence-electron chi connectivity index (χ3n) is 10.6. The summed E-state index contributed by atoms with van der Waals surface area (Å²) in [7, 11) is 0. The second-order valence-corrected chi connectivity index (χ2v) is 12.5. The quantitative estimate of drug-likeness (QED) is 0.429. The molecule has 1 saturated heterocycles. The van der Waals surface area contributed by atoms with Gasteiger partial charge in [0.15, 0.2) is 0 Å². The maximum absolute atomic E-state index is 10.3. The Bertz CT molecular complexity index is 667. The highest BCUT2D eigenvalue weighted by atomic mass is 16.6. The maximum Gasteiger partial charge on any atom is 0.106 e. The van der Waals surface area contributed by atoms with E-state index in [2.05, 4.69) is 40.7 Å². The van der Waals surface area contributed by atoms with E-state index in [-0.39, 0.29) is 11.5 Å². The summed E-state index contributed by atoms with van der Waals surface area (Å²) in [5.74, 6) is 5.03. The van der Waals surface area contributed by atoms with Gasteiger partial charge >= 0.3 is 0 Å². The van der Waals surface area contributed by atoms with Crippen molar-refractivity contribution in [3.8, 4) is 0 Å². The highest BCUT2D eigenvalue weighted by molar-refractivity contribution is 5.35. The van der Waals surface area contributed by atoms with Gasteiger partial charge in [0.2, 0.25) is 0 Å². The van der Waals surface area contributed by atoms with Crippen LogP contribution in [0.15, 0.2) is 11.6 Å². The second kappa shape index (κ2) is 7.09. The zero-order chi connectivity index (χ0) is 20.6. The third kappa shape index (κ3) is 3.10. The van der Waals surface area contributed by atoms with Crippen LogP contribution in [0.5, 0.6) is 0 Å². The zero-order valence-electron chi connectivity index (χ0n) is 19.5. The Balaban J connectivity index is 1.36. The standard InChI is InChI=1S/C27H44O2/c1-16(2)7-6-8-17(3)19-9-10-20-23-21(12-14-26(19,20)4)27(5)13-11-18(28)15-22(27)24-25(23)29-24/h15-21,23-25,28H,6-14H2,1-5H3/t17-,18?,19-,20?,21?,23?,24-,25+,26-,27-/m1/s1. The van der Waals surface area contributed by atoms with Crippen molar-refractivity contribution in [3.05, 3.63) is 11.6 Å². The van der Waals surface area contributed by atoms with E-state index in [0.717, 1.165) is 48.3 Å². The second-order valence-electron chi connectivity index (χ2n) is 12.5. The summed E-state index contributed by atoms with van der Waals surface area (Å²) in [5.41, 5.74) is 2.28. The molecule has 1 aliphatic heterocycles. The molecule has 5 aliphatic rings. The molecule has 29 heavy (non-hydrogen) atoms. The summed E-state index contributed by atoms with van der Waals surface area (Å²) >= 11 is 0. The van der Waals surface area contributed by atoms with Crippen molar-refractivity contribution in [2.24, 2.45) is 46.3 Å². The average Bonchev–Trinajstić information content (AvgIpc) is 3.37. The molecule has 0 radical (unpaired) electrons. The molecule has 1 heterocycles. The number of ether oxygens (including phenoxy) is 1. The summed E-state index contributed by atoms with van der Waals surface area (Å²) in [6.45, 7) is 12.5. The highest BCUT2D eigenvalue weighted by Crippen LogP contribution is 2.71. The zero-order valence-corrected chi connectivity index (χ0v) is 19.5. The van der Waals surface area contributed by atoms with Gasteiger partial charge in [-0.25, -0.2) is 0 Å². The van der Waals surface area contributed by atoms with Crippen LogP contribution >= 0.6 is 0 Å². The maximum atomic E-state index is 10.3. The summed E-state index contributed by atoms with van der Waals surface area (Å²) in [6, 6.07) is 0. The SMILES string of the molecule is CC(C)CCC[C@@H](C)[C@H]1CCC2C3C(CC[C@@]21C)[C@@]1(C)CCC(O)C=C1[C@H]1O[C@@H]31. The monoisotopic (exact) mass is 400 g/mol. The van der Waals surface area contributed by atoms with E-state index in [9.17, 15) is 5.11 Å². The number of aliphatic hydroxyl groups excluding tert-OH is 1. The Morgan fingerprint density at radius 2 is 1.83 bits per heavy atom. The molecule has 1 N–H and O–H groups in total. The summed E-state index contributed by atoms with van der Waals surface area (Å²) in [5, 5.41) is 10.3. The van der Waals surface area contributed by atoms with E-state index in [1.54, 1.807) is 0 Å². The van der Waals surface area contributed by atoms with Crippen molar-refractivity contribution in [1.82, 2.24) is 0 Å². The molecule has 4 aliphatic carbocycles. The lowest BCUT2D eigenvalue weighted by Gasteiger charge is -2.57. The fourth-order valence-electron chi connectivity index (χ4n) is 8.98. The fourth-order valence-corrected chi connectivity index (χ4v) is 8.98. The Kier molecular flexibility index (Phi) is 5.03. The molecule has 0 bridgehead atoms. The van der Waals surface area contributed by atoms with E-state index in [1.807, 2.05) is 0 Å². The van der Waals surface area contributed by atoms with E-state index in [0.29, 0.717) is 17.6 Å². The number of rotatable bonds is 5. The Morgan fingerprint density at radius 3 is 2.59 bits per heavy atom.